The summed E-state index contributed by atoms with van der Waals surface area (Å²) in [5.74, 6) is 0. The molecule has 3 aromatic rings. The molecule has 2 aromatic carbocycles. The molecule has 3 rings (SSSR count). The van der Waals surface area contributed by atoms with Crippen molar-refractivity contribution < 1.29 is 0 Å². The molecule has 1 aromatic heterocycles. The summed E-state index contributed by atoms with van der Waals surface area (Å²) in [4.78, 5) is 0. The Hall–Kier alpha value is -1.70. The van der Waals surface area contributed by atoms with Crippen LogP contribution in [0, 0.1) is 0 Å². The van der Waals surface area contributed by atoms with Crippen molar-refractivity contribution in [3.05, 3.63) is 48.5 Å². The molecule has 1 nitrogen and oxygen atoms in total. The summed E-state index contributed by atoms with van der Waals surface area (Å²) in [6.07, 6.45) is 1.02. The van der Waals surface area contributed by atoms with Gasteiger partial charge in [-0.25, -0.2) is 0 Å². The zero-order valence-electron chi connectivity index (χ0n) is 8.77. The van der Waals surface area contributed by atoms with E-state index in [1.165, 1.54) is 21.8 Å². The summed E-state index contributed by atoms with van der Waals surface area (Å²) in [5, 5.41) is 2.71. The third kappa shape index (κ3) is 1.11. The van der Waals surface area contributed by atoms with E-state index < -0.39 is 0 Å². The molecule has 0 spiro atoms. The van der Waals surface area contributed by atoms with Gasteiger partial charge in [0.15, 0.2) is 0 Å². The highest BCUT2D eigenvalue weighted by Gasteiger charge is 2.06. The fourth-order valence-electron chi connectivity index (χ4n) is 2.34. The Morgan fingerprint density at radius 1 is 0.800 bits per heavy atom. The summed E-state index contributed by atoms with van der Waals surface area (Å²) >= 11 is 0. The van der Waals surface area contributed by atoms with Gasteiger partial charge in [-0.15, -0.1) is 0 Å². The Kier molecular flexibility index (Phi) is 1.81. The lowest BCUT2D eigenvalue weighted by Crippen LogP contribution is -1.95. The van der Waals surface area contributed by atoms with Crippen molar-refractivity contribution in [1.29, 1.82) is 0 Å². The van der Waals surface area contributed by atoms with Gasteiger partial charge in [0.25, 0.3) is 0 Å². The van der Waals surface area contributed by atoms with Crippen LogP contribution in [0.4, 0.5) is 0 Å². The van der Waals surface area contributed by atoms with Gasteiger partial charge >= 0.3 is 0 Å². The maximum atomic E-state index is 2.37. The van der Waals surface area contributed by atoms with Crippen molar-refractivity contribution in [1.82, 2.24) is 4.57 Å². The molecule has 0 amide bonds. The second-order valence-electron chi connectivity index (χ2n) is 3.78. The Bertz CT molecular complexity index is 571. The van der Waals surface area contributed by atoms with Gasteiger partial charge in [0.05, 0.1) is 0 Å². The van der Waals surface area contributed by atoms with E-state index in [1.54, 1.807) is 0 Å². The number of nitrogens with zero attached hydrogens (tertiary/aromatic N) is 1. The Morgan fingerprint density at radius 3 is 1.73 bits per heavy atom. The van der Waals surface area contributed by atoms with Crippen LogP contribution in [0.15, 0.2) is 48.5 Å². The fraction of sp³-hybridized carbons (Fsp3) is 0.0769. The molecular weight excluding hydrogens is 181 g/mol. The van der Waals surface area contributed by atoms with Crippen LogP contribution in [0.5, 0.6) is 0 Å². The minimum Gasteiger partial charge on any atom is -0.349 e. The molecule has 0 N–H and O–H groups in total. The second-order valence-corrected chi connectivity index (χ2v) is 3.78. The average Bonchev–Trinajstić information content (AvgIpc) is 2.63. The summed E-state index contributed by atoms with van der Waals surface area (Å²) in [5.41, 5.74) is 2.67. The number of rotatable bonds is 1. The van der Waals surface area contributed by atoms with Gasteiger partial charge in [0.2, 0.25) is 0 Å². The first kappa shape index (κ1) is 8.60. The highest BCUT2D eigenvalue weighted by atomic mass is 15.0. The van der Waals surface area contributed by atoms with Crippen LogP contribution in [-0.2, 0) is 6.44 Å². The molecule has 0 fully saturated rings. The minimum atomic E-state index is 1.02. The highest BCUT2D eigenvalue weighted by molar-refractivity contribution is 6.12. The molecule has 0 unspecified atom stereocenters. The summed E-state index contributed by atoms with van der Waals surface area (Å²) < 4.78 is 2.37. The molecule has 15 heavy (non-hydrogen) atoms. The standard InChI is InChI=1S/C13H12BN/c14-9-15-12-7-3-1-5-10(12)11-6-2-4-8-13(11)15/h1-8H,9,14H2. The van der Waals surface area contributed by atoms with E-state index >= 15 is 0 Å². The van der Waals surface area contributed by atoms with Crippen molar-refractivity contribution in [2.75, 3.05) is 0 Å². The lowest BCUT2D eigenvalue weighted by molar-refractivity contribution is 0.973. The van der Waals surface area contributed by atoms with Crippen LogP contribution in [0.3, 0.4) is 0 Å². The van der Waals surface area contributed by atoms with E-state index in [4.69, 9.17) is 0 Å². The number of para-hydroxylation sites is 2. The third-order valence-corrected chi connectivity index (χ3v) is 3.00. The quantitative estimate of drug-likeness (QED) is 0.523. The Morgan fingerprint density at radius 2 is 1.27 bits per heavy atom. The van der Waals surface area contributed by atoms with E-state index in [9.17, 15) is 0 Å². The maximum Gasteiger partial charge on any atom is 0.127 e. The largest absolute Gasteiger partial charge is 0.349 e. The number of benzene rings is 2. The predicted molar refractivity (Wildman–Crippen MR) is 68.0 cm³/mol. The number of fused-ring (bicyclic) bond motifs is 3. The molecule has 0 atom stereocenters. The SMILES string of the molecule is BCn1c2ccccc2c2ccccc21. The molecule has 0 saturated carbocycles. The Labute approximate surface area is 89.7 Å². The first-order chi connectivity index (χ1) is 7.42. The smallest absolute Gasteiger partial charge is 0.127 e. The zero-order chi connectivity index (χ0) is 10.3. The summed E-state index contributed by atoms with van der Waals surface area (Å²) in [6.45, 7) is 0. The molecule has 0 saturated heterocycles. The molecule has 0 aliphatic rings. The molecule has 72 valence electrons. The van der Waals surface area contributed by atoms with Gasteiger partial charge in [-0.05, 0) is 18.6 Å². The molecule has 0 aliphatic carbocycles. The number of hydrogen-bond donors (Lipinski definition) is 0. The zero-order valence-corrected chi connectivity index (χ0v) is 8.77. The highest BCUT2D eigenvalue weighted by Crippen LogP contribution is 2.27. The van der Waals surface area contributed by atoms with Crippen LogP contribution in [0.1, 0.15) is 0 Å². The first-order valence-electron chi connectivity index (χ1n) is 5.38. The van der Waals surface area contributed by atoms with Crippen LogP contribution in [0.2, 0.25) is 0 Å². The lowest BCUT2D eigenvalue weighted by atomic mass is 10.1. The van der Waals surface area contributed by atoms with Crippen molar-refractivity contribution in [2.24, 2.45) is 0 Å². The van der Waals surface area contributed by atoms with Crippen molar-refractivity contribution in [3.8, 4) is 0 Å². The molecule has 1 heterocycles. The monoisotopic (exact) mass is 193 g/mol. The molecular formula is C13H12BN. The van der Waals surface area contributed by atoms with Crippen LogP contribution in [-0.4, -0.2) is 12.4 Å². The van der Waals surface area contributed by atoms with Gasteiger partial charge < -0.3 is 4.57 Å². The van der Waals surface area contributed by atoms with Crippen molar-refractivity contribution in [2.45, 2.75) is 6.44 Å². The van der Waals surface area contributed by atoms with Crippen molar-refractivity contribution in [3.63, 3.8) is 0 Å². The van der Waals surface area contributed by atoms with Gasteiger partial charge in [0, 0.05) is 21.8 Å². The number of hydrogen-bond acceptors (Lipinski definition) is 0. The van der Waals surface area contributed by atoms with Crippen LogP contribution < -0.4 is 0 Å². The molecule has 0 aliphatic heterocycles. The lowest BCUT2D eigenvalue weighted by Gasteiger charge is -2.01. The van der Waals surface area contributed by atoms with E-state index in [1.807, 2.05) is 0 Å². The molecule has 2 heteroatoms. The Balaban J connectivity index is 2.62. The molecule has 0 radical (unpaired) electrons. The number of aromatic nitrogens is 1. The van der Waals surface area contributed by atoms with E-state index in [2.05, 4.69) is 60.9 Å². The topological polar surface area (TPSA) is 4.93 Å². The van der Waals surface area contributed by atoms with E-state index in [0.717, 1.165) is 6.44 Å². The van der Waals surface area contributed by atoms with Gasteiger partial charge in [0.1, 0.15) is 7.85 Å². The van der Waals surface area contributed by atoms with Gasteiger partial charge in [-0.3, -0.25) is 0 Å². The van der Waals surface area contributed by atoms with Crippen LogP contribution >= 0.6 is 0 Å². The first-order valence-corrected chi connectivity index (χ1v) is 5.38. The van der Waals surface area contributed by atoms with Crippen LogP contribution in [0.25, 0.3) is 21.8 Å². The maximum absolute atomic E-state index is 2.37. The molecule has 0 bridgehead atoms. The van der Waals surface area contributed by atoms with E-state index in [0.29, 0.717) is 0 Å². The van der Waals surface area contributed by atoms with Gasteiger partial charge in [-0.2, -0.15) is 0 Å². The predicted octanol–water partition coefficient (Wildman–Crippen LogP) is 2.39. The van der Waals surface area contributed by atoms with Crippen molar-refractivity contribution >= 4 is 29.7 Å². The summed E-state index contributed by atoms with van der Waals surface area (Å²) in [6, 6.07) is 17.2. The average molecular weight is 193 g/mol. The third-order valence-electron chi connectivity index (χ3n) is 3.00. The minimum absolute atomic E-state index is 1.02. The van der Waals surface area contributed by atoms with E-state index in [-0.39, 0.29) is 0 Å². The second kappa shape index (κ2) is 3.16. The summed E-state index contributed by atoms with van der Waals surface area (Å²) in [7, 11) is 2.19. The normalized spacial score (nSPS) is 11.2. The van der Waals surface area contributed by atoms with Gasteiger partial charge in [-0.1, -0.05) is 36.4 Å². The fourth-order valence-corrected chi connectivity index (χ4v) is 2.34.